The van der Waals surface area contributed by atoms with Crippen molar-refractivity contribution in [3.63, 3.8) is 0 Å². The molecule has 0 aliphatic carbocycles. The Morgan fingerprint density at radius 1 is 1.47 bits per heavy atom. The Labute approximate surface area is 81.6 Å². The summed E-state index contributed by atoms with van der Waals surface area (Å²) in [6, 6.07) is 0. The number of alkyl halides is 3. The highest BCUT2D eigenvalue weighted by Gasteiger charge is 2.40. The Morgan fingerprint density at radius 3 is 2.47 bits per heavy atom. The largest absolute Gasteiger partial charge is 0.489 e. The smallest absolute Gasteiger partial charge is 0.424 e. The van der Waals surface area contributed by atoms with Gasteiger partial charge in [-0.05, 0) is 0 Å². The lowest BCUT2D eigenvalue weighted by Crippen LogP contribution is -2.10. The first-order chi connectivity index (χ1) is 6.88. The molecule has 0 fully saturated rings. The lowest BCUT2D eigenvalue weighted by Gasteiger charge is -2.08. The van der Waals surface area contributed by atoms with E-state index in [1.807, 2.05) is 0 Å². The minimum atomic E-state index is -4.83. The summed E-state index contributed by atoms with van der Waals surface area (Å²) in [7, 11) is 1.03. The fourth-order valence-corrected chi connectivity index (χ4v) is 0.980. The van der Waals surface area contributed by atoms with Crippen molar-refractivity contribution < 1.29 is 22.8 Å². The van der Waals surface area contributed by atoms with E-state index in [1.54, 1.807) is 0 Å². The maximum absolute atomic E-state index is 12.3. The zero-order valence-electron chi connectivity index (χ0n) is 7.41. The average Bonchev–Trinajstić information content (AvgIpc) is 2.15. The van der Waals surface area contributed by atoms with Crippen LogP contribution in [-0.4, -0.2) is 17.0 Å². The fraction of sp³-hybridized carbons (Fsp3) is 0.286. The Balaban J connectivity index is 3.46. The molecule has 1 heterocycles. The van der Waals surface area contributed by atoms with Gasteiger partial charge < -0.3 is 4.74 Å². The van der Waals surface area contributed by atoms with Crippen LogP contribution in [0.15, 0.2) is 12.4 Å². The standard InChI is InChI=1S/C7H5F3N2O3/c1-15-5-3-11-2-4(7(8,9)10)6(5)12(13)14/h2-3H,1H3. The second-order valence-corrected chi connectivity index (χ2v) is 2.49. The number of rotatable bonds is 2. The summed E-state index contributed by atoms with van der Waals surface area (Å²) in [5, 5.41) is 10.4. The van der Waals surface area contributed by atoms with Gasteiger partial charge in [-0.3, -0.25) is 15.1 Å². The van der Waals surface area contributed by atoms with Crippen LogP contribution in [-0.2, 0) is 6.18 Å². The van der Waals surface area contributed by atoms with E-state index >= 15 is 0 Å². The number of aromatic nitrogens is 1. The summed E-state index contributed by atoms with van der Waals surface area (Å²) in [5.74, 6) is -0.519. The molecule has 0 atom stereocenters. The third kappa shape index (κ3) is 2.14. The monoisotopic (exact) mass is 222 g/mol. The first-order valence-corrected chi connectivity index (χ1v) is 3.61. The first kappa shape index (κ1) is 11.2. The summed E-state index contributed by atoms with van der Waals surface area (Å²) >= 11 is 0. The number of hydrogen-bond donors (Lipinski definition) is 0. The molecule has 0 unspecified atom stereocenters. The summed E-state index contributed by atoms with van der Waals surface area (Å²) in [4.78, 5) is 12.5. The van der Waals surface area contributed by atoms with Crippen molar-refractivity contribution in [2.75, 3.05) is 7.11 Å². The minimum absolute atomic E-state index is 0.390. The molecule has 0 aliphatic rings. The van der Waals surface area contributed by atoms with Crippen molar-refractivity contribution in [2.24, 2.45) is 0 Å². The van der Waals surface area contributed by atoms with Gasteiger partial charge in [0.1, 0.15) is 0 Å². The van der Waals surface area contributed by atoms with Gasteiger partial charge in [-0.15, -0.1) is 0 Å². The number of methoxy groups -OCH3 is 1. The van der Waals surface area contributed by atoms with Crippen molar-refractivity contribution in [3.8, 4) is 5.75 Å². The quantitative estimate of drug-likeness (QED) is 0.567. The van der Waals surface area contributed by atoms with Crippen molar-refractivity contribution in [2.45, 2.75) is 6.18 Å². The van der Waals surface area contributed by atoms with Crippen molar-refractivity contribution >= 4 is 5.69 Å². The molecule has 1 aromatic rings. The molecule has 0 saturated heterocycles. The Bertz CT molecular complexity index is 392. The molecule has 0 aromatic carbocycles. The van der Waals surface area contributed by atoms with Crippen LogP contribution in [0.5, 0.6) is 5.75 Å². The molecule has 0 bridgehead atoms. The topological polar surface area (TPSA) is 65.3 Å². The highest BCUT2D eigenvalue weighted by molar-refractivity contribution is 5.51. The van der Waals surface area contributed by atoms with E-state index in [0.29, 0.717) is 6.20 Å². The van der Waals surface area contributed by atoms with Gasteiger partial charge in [0.25, 0.3) is 0 Å². The molecule has 0 spiro atoms. The molecular formula is C7H5F3N2O3. The second-order valence-electron chi connectivity index (χ2n) is 2.49. The van der Waals surface area contributed by atoms with Crippen molar-refractivity contribution in [3.05, 3.63) is 28.1 Å². The molecule has 82 valence electrons. The highest BCUT2D eigenvalue weighted by atomic mass is 19.4. The van der Waals surface area contributed by atoms with Crippen LogP contribution in [0, 0.1) is 10.1 Å². The Morgan fingerprint density at radius 2 is 2.07 bits per heavy atom. The van der Waals surface area contributed by atoms with Gasteiger partial charge in [0.05, 0.1) is 18.2 Å². The van der Waals surface area contributed by atoms with E-state index in [0.717, 1.165) is 13.3 Å². The van der Waals surface area contributed by atoms with Gasteiger partial charge in [0.15, 0.2) is 5.56 Å². The SMILES string of the molecule is COc1cncc(C(F)(F)F)c1[N+](=O)[O-]. The first-order valence-electron chi connectivity index (χ1n) is 3.61. The van der Waals surface area contributed by atoms with Crippen LogP contribution in [0.4, 0.5) is 18.9 Å². The molecule has 15 heavy (non-hydrogen) atoms. The van der Waals surface area contributed by atoms with Crippen LogP contribution in [0.3, 0.4) is 0 Å². The number of nitrogens with zero attached hydrogens (tertiary/aromatic N) is 2. The van der Waals surface area contributed by atoms with Crippen LogP contribution in [0.2, 0.25) is 0 Å². The molecule has 0 aliphatic heterocycles. The van der Waals surface area contributed by atoms with Crippen molar-refractivity contribution in [1.82, 2.24) is 4.98 Å². The van der Waals surface area contributed by atoms with Gasteiger partial charge in [0, 0.05) is 6.20 Å². The lowest BCUT2D eigenvalue weighted by atomic mass is 10.2. The lowest BCUT2D eigenvalue weighted by molar-refractivity contribution is -0.389. The Hall–Kier alpha value is -1.86. The Kier molecular flexibility index (Phi) is 2.78. The number of halogens is 3. The number of hydrogen-bond acceptors (Lipinski definition) is 4. The molecule has 1 rings (SSSR count). The third-order valence-electron chi connectivity index (χ3n) is 1.59. The molecule has 8 heteroatoms. The number of nitro groups is 1. The molecule has 5 nitrogen and oxygen atoms in total. The normalized spacial score (nSPS) is 11.2. The van der Waals surface area contributed by atoms with Crippen LogP contribution in [0.1, 0.15) is 5.56 Å². The van der Waals surface area contributed by atoms with Gasteiger partial charge in [-0.2, -0.15) is 13.2 Å². The number of pyridine rings is 1. The predicted octanol–water partition coefficient (Wildman–Crippen LogP) is 2.02. The summed E-state index contributed by atoms with van der Waals surface area (Å²) in [6.45, 7) is 0. The third-order valence-corrected chi connectivity index (χ3v) is 1.59. The van der Waals surface area contributed by atoms with E-state index < -0.39 is 28.1 Å². The van der Waals surface area contributed by atoms with E-state index in [4.69, 9.17) is 0 Å². The second kappa shape index (κ2) is 3.71. The minimum Gasteiger partial charge on any atom is -0.489 e. The summed E-state index contributed by atoms with van der Waals surface area (Å²) in [5.41, 5.74) is -2.55. The number of ether oxygens (including phenoxy) is 1. The molecule has 0 radical (unpaired) electrons. The summed E-state index contributed by atoms with van der Waals surface area (Å²) in [6.07, 6.45) is -3.59. The van der Waals surface area contributed by atoms with Crippen LogP contribution >= 0.6 is 0 Å². The molecular weight excluding hydrogens is 217 g/mol. The average molecular weight is 222 g/mol. The van der Waals surface area contributed by atoms with E-state index in [-0.39, 0.29) is 0 Å². The molecule has 0 N–H and O–H groups in total. The van der Waals surface area contributed by atoms with Gasteiger partial charge in [-0.25, -0.2) is 0 Å². The van der Waals surface area contributed by atoms with E-state index in [1.165, 1.54) is 0 Å². The molecule has 0 saturated carbocycles. The molecule has 0 amide bonds. The van der Waals surface area contributed by atoms with Crippen molar-refractivity contribution in [1.29, 1.82) is 0 Å². The van der Waals surface area contributed by atoms with Crippen LogP contribution in [0.25, 0.3) is 0 Å². The van der Waals surface area contributed by atoms with Gasteiger partial charge >= 0.3 is 11.9 Å². The zero-order valence-corrected chi connectivity index (χ0v) is 7.41. The predicted molar refractivity (Wildman–Crippen MR) is 42.4 cm³/mol. The highest BCUT2D eigenvalue weighted by Crippen LogP contribution is 2.39. The van der Waals surface area contributed by atoms with Gasteiger partial charge in [0.2, 0.25) is 5.75 Å². The van der Waals surface area contributed by atoms with E-state index in [2.05, 4.69) is 9.72 Å². The zero-order chi connectivity index (χ0) is 11.6. The van der Waals surface area contributed by atoms with Crippen LogP contribution < -0.4 is 4.74 Å². The maximum Gasteiger partial charge on any atom is 0.424 e. The fourth-order valence-electron chi connectivity index (χ4n) is 0.980. The van der Waals surface area contributed by atoms with E-state index in [9.17, 15) is 23.3 Å². The maximum atomic E-state index is 12.3. The van der Waals surface area contributed by atoms with Gasteiger partial charge in [-0.1, -0.05) is 0 Å². The molecule has 1 aromatic heterocycles. The summed E-state index contributed by atoms with van der Waals surface area (Å²) < 4.78 is 41.4.